The fourth-order valence-electron chi connectivity index (χ4n) is 3.36. The van der Waals surface area contributed by atoms with Crippen LogP contribution in [-0.2, 0) is 4.74 Å². The normalized spacial score (nSPS) is 28.4. The zero-order valence-corrected chi connectivity index (χ0v) is 12.9. The molecule has 2 saturated heterocycles. The fourth-order valence-corrected chi connectivity index (χ4v) is 5.31. The average molecular weight is 299 g/mol. The van der Waals surface area contributed by atoms with Crippen molar-refractivity contribution in [1.82, 2.24) is 14.9 Å². The van der Waals surface area contributed by atoms with Crippen molar-refractivity contribution in [2.45, 2.75) is 37.3 Å². The zero-order chi connectivity index (χ0) is 13.1. The molecule has 19 heavy (non-hydrogen) atoms. The van der Waals surface area contributed by atoms with Gasteiger partial charge in [-0.25, -0.2) is 0 Å². The van der Waals surface area contributed by atoms with Crippen molar-refractivity contribution in [2.75, 3.05) is 25.2 Å². The molecule has 4 nitrogen and oxygen atoms in total. The minimum absolute atomic E-state index is 0.154. The predicted molar refractivity (Wildman–Crippen MR) is 79.7 cm³/mol. The molecule has 2 fully saturated rings. The maximum absolute atomic E-state index is 6.18. The van der Waals surface area contributed by atoms with Gasteiger partial charge in [0.15, 0.2) is 0 Å². The maximum atomic E-state index is 6.18. The molecule has 1 aromatic rings. The topological polar surface area (TPSA) is 47.0 Å². The van der Waals surface area contributed by atoms with Crippen molar-refractivity contribution >= 4 is 23.3 Å². The lowest BCUT2D eigenvalue weighted by Crippen LogP contribution is -2.45. The largest absolute Gasteiger partial charge is 0.375 e. The predicted octanol–water partition coefficient (Wildman–Crippen LogP) is 2.49. The monoisotopic (exact) mass is 299 g/mol. The number of aromatic nitrogens is 2. The number of hydrogen-bond donors (Lipinski definition) is 1. The van der Waals surface area contributed by atoms with Crippen LogP contribution in [0.25, 0.3) is 0 Å². The summed E-state index contributed by atoms with van der Waals surface area (Å²) in [6, 6.07) is 0.385. The Labute approximate surface area is 122 Å². The van der Waals surface area contributed by atoms with Gasteiger partial charge in [-0.15, -0.1) is 5.10 Å². The second-order valence-electron chi connectivity index (χ2n) is 5.48. The van der Waals surface area contributed by atoms with E-state index in [1.165, 1.54) is 47.2 Å². The van der Waals surface area contributed by atoms with Gasteiger partial charge in [0, 0.05) is 12.6 Å². The number of nitrogens with one attached hydrogen (secondary N) is 1. The maximum Gasteiger partial charge on any atom is 0.0701 e. The third kappa shape index (κ3) is 2.96. The molecule has 3 heterocycles. The summed E-state index contributed by atoms with van der Waals surface area (Å²) in [7, 11) is 2.04. The molecule has 0 radical (unpaired) electrons. The van der Waals surface area contributed by atoms with E-state index < -0.39 is 0 Å². The Morgan fingerprint density at radius 3 is 3.00 bits per heavy atom. The van der Waals surface area contributed by atoms with E-state index >= 15 is 0 Å². The van der Waals surface area contributed by atoms with E-state index in [2.05, 4.69) is 26.7 Å². The molecule has 1 N–H and O–H groups in total. The molecular weight excluding hydrogens is 278 g/mol. The lowest BCUT2D eigenvalue weighted by molar-refractivity contribution is -0.107. The summed E-state index contributed by atoms with van der Waals surface area (Å²) in [5, 5.41) is 7.45. The number of ether oxygens (including phenoxy) is 1. The van der Waals surface area contributed by atoms with Crippen LogP contribution in [0.15, 0.2) is 6.20 Å². The summed E-state index contributed by atoms with van der Waals surface area (Å²) in [5.41, 5.74) is 0.154. The van der Waals surface area contributed by atoms with Crippen LogP contribution in [0.2, 0.25) is 0 Å². The lowest BCUT2D eigenvalue weighted by Gasteiger charge is -2.45. The van der Waals surface area contributed by atoms with E-state index in [4.69, 9.17) is 4.74 Å². The Bertz CT molecular complexity index is 387. The standard InChI is InChI=1S/C13H21N3OS2/c1-14-12(11-9-15-16-19-11)10-2-5-17-13(8-10)3-6-18-7-4-13/h9-10,12,14H,2-8H2,1H3. The summed E-state index contributed by atoms with van der Waals surface area (Å²) in [6.45, 7) is 0.903. The van der Waals surface area contributed by atoms with Crippen LogP contribution >= 0.6 is 23.3 Å². The smallest absolute Gasteiger partial charge is 0.0701 e. The van der Waals surface area contributed by atoms with E-state index in [1.54, 1.807) is 0 Å². The molecule has 2 aliphatic heterocycles. The minimum Gasteiger partial charge on any atom is -0.375 e. The van der Waals surface area contributed by atoms with Crippen molar-refractivity contribution in [2.24, 2.45) is 5.92 Å². The van der Waals surface area contributed by atoms with Gasteiger partial charge in [0.25, 0.3) is 0 Å². The van der Waals surface area contributed by atoms with Crippen molar-refractivity contribution < 1.29 is 4.74 Å². The van der Waals surface area contributed by atoms with Crippen LogP contribution in [0.3, 0.4) is 0 Å². The molecule has 2 atom stereocenters. The first-order chi connectivity index (χ1) is 9.33. The molecule has 1 aromatic heterocycles. The van der Waals surface area contributed by atoms with Crippen molar-refractivity contribution in [3.8, 4) is 0 Å². The molecule has 2 unspecified atom stereocenters. The first kappa shape index (κ1) is 13.8. The molecule has 6 heteroatoms. The van der Waals surface area contributed by atoms with Gasteiger partial charge in [-0.3, -0.25) is 0 Å². The number of nitrogens with zero attached hydrogens (tertiary/aromatic N) is 2. The van der Waals surface area contributed by atoms with Crippen molar-refractivity contribution in [3.05, 3.63) is 11.1 Å². The Balaban J connectivity index is 1.73. The molecule has 0 bridgehead atoms. The number of hydrogen-bond acceptors (Lipinski definition) is 6. The van der Waals surface area contributed by atoms with E-state index in [-0.39, 0.29) is 5.60 Å². The quantitative estimate of drug-likeness (QED) is 0.929. The molecule has 2 aliphatic rings. The van der Waals surface area contributed by atoms with Crippen LogP contribution in [0.4, 0.5) is 0 Å². The summed E-state index contributed by atoms with van der Waals surface area (Å²) < 4.78 is 10.2. The van der Waals surface area contributed by atoms with Gasteiger partial charge in [0.2, 0.25) is 0 Å². The molecule has 3 rings (SSSR count). The van der Waals surface area contributed by atoms with Crippen LogP contribution < -0.4 is 5.32 Å². The van der Waals surface area contributed by atoms with Crippen LogP contribution in [0, 0.1) is 5.92 Å². The zero-order valence-electron chi connectivity index (χ0n) is 11.3. The average Bonchev–Trinajstić information content (AvgIpc) is 2.95. The van der Waals surface area contributed by atoms with Crippen LogP contribution in [-0.4, -0.2) is 40.3 Å². The summed E-state index contributed by atoms with van der Waals surface area (Å²) in [6.07, 6.45) is 6.65. The Morgan fingerprint density at radius 2 is 2.32 bits per heavy atom. The van der Waals surface area contributed by atoms with Gasteiger partial charge in [-0.05, 0) is 61.7 Å². The third-order valence-corrected chi connectivity index (χ3v) is 6.13. The number of rotatable bonds is 3. The molecule has 1 spiro atoms. The molecule has 0 amide bonds. The SMILES string of the molecule is CNC(c1cnns1)C1CCOC2(CCSCC2)C1. The van der Waals surface area contributed by atoms with Gasteiger partial charge in [0.05, 0.1) is 16.7 Å². The van der Waals surface area contributed by atoms with Crippen molar-refractivity contribution in [1.29, 1.82) is 0 Å². The first-order valence-corrected chi connectivity index (χ1v) is 8.92. The van der Waals surface area contributed by atoms with Gasteiger partial charge in [0.1, 0.15) is 0 Å². The molecule has 0 saturated carbocycles. The van der Waals surface area contributed by atoms with Gasteiger partial charge in [-0.1, -0.05) is 4.49 Å². The summed E-state index contributed by atoms with van der Waals surface area (Å²) >= 11 is 3.58. The Kier molecular flexibility index (Phi) is 4.41. The second-order valence-corrected chi connectivity index (χ2v) is 7.52. The lowest BCUT2D eigenvalue weighted by atomic mass is 9.78. The third-order valence-electron chi connectivity index (χ3n) is 4.40. The van der Waals surface area contributed by atoms with E-state index in [0.29, 0.717) is 12.0 Å². The van der Waals surface area contributed by atoms with Gasteiger partial charge in [-0.2, -0.15) is 11.8 Å². The molecule has 0 aromatic carbocycles. The summed E-state index contributed by atoms with van der Waals surface area (Å²) in [5.74, 6) is 3.14. The van der Waals surface area contributed by atoms with E-state index in [1.807, 2.05) is 13.2 Å². The fraction of sp³-hybridized carbons (Fsp3) is 0.846. The highest BCUT2D eigenvalue weighted by Gasteiger charge is 2.41. The molecular formula is C13H21N3OS2. The highest BCUT2D eigenvalue weighted by atomic mass is 32.2. The highest BCUT2D eigenvalue weighted by Crippen LogP contribution is 2.43. The Hall–Kier alpha value is -0.170. The van der Waals surface area contributed by atoms with Gasteiger partial charge >= 0.3 is 0 Å². The van der Waals surface area contributed by atoms with E-state index in [9.17, 15) is 0 Å². The van der Waals surface area contributed by atoms with E-state index in [0.717, 1.165) is 13.0 Å². The molecule has 106 valence electrons. The minimum atomic E-state index is 0.154. The number of thioether (sulfide) groups is 1. The highest BCUT2D eigenvalue weighted by molar-refractivity contribution is 7.99. The van der Waals surface area contributed by atoms with Crippen LogP contribution in [0.1, 0.15) is 36.6 Å². The molecule has 0 aliphatic carbocycles. The van der Waals surface area contributed by atoms with Gasteiger partial charge < -0.3 is 10.1 Å². The van der Waals surface area contributed by atoms with Crippen molar-refractivity contribution in [3.63, 3.8) is 0 Å². The second kappa shape index (κ2) is 6.08. The Morgan fingerprint density at radius 1 is 1.47 bits per heavy atom. The summed E-state index contributed by atoms with van der Waals surface area (Å²) in [4.78, 5) is 1.26. The van der Waals surface area contributed by atoms with Crippen LogP contribution in [0.5, 0.6) is 0 Å². The first-order valence-electron chi connectivity index (χ1n) is 6.99.